The van der Waals surface area contributed by atoms with E-state index in [1.807, 2.05) is 60.3 Å². The summed E-state index contributed by atoms with van der Waals surface area (Å²) in [6, 6.07) is 20.1. The first kappa shape index (κ1) is 37.9. The number of para-hydroxylation sites is 1. The Balaban J connectivity index is 1.27. The third-order valence-electron chi connectivity index (χ3n) is 9.94. The van der Waals surface area contributed by atoms with Crippen LogP contribution in [0.4, 0.5) is 0 Å². The first-order chi connectivity index (χ1) is 26.0. The van der Waals surface area contributed by atoms with Gasteiger partial charge in [-0.3, -0.25) is 24.0 Å². The highest BCUT2D eigenvalue weighted by Crippen LogP contribution is 2.32. The van der Waals surface area contributed by atoms with E-state index in [2.05, 4.69) is 21.3 Å². The van der Waals surface area contributed by atoms with Gasteiger partial charge in [-0.25, -0.2) is 0 Å². The van der Waals surface area contributed by atoms with Gasteiger partial charge in [0.15, 0.2) is 5.60 Å². The van der Waals surface area contributed by atoms with Crippen molar-refractivity contribution >= 4 is 40.4 Å². The fourth-order valence-electron chi connectivity index (χ4n) is 6.85. The highest BCUT2D eigenvalue weighted by Gasteiger charge is 2.46. The number of aliphatic hydroxyl groups excluding tert-OH is 1. The third-order valence-corrected chi connectivity index (χ3v) is 9.94. The Morgan fingerprint density at radius 3 is 2.22 bits per heavy atom. The molecule has 7 rings (SSSR count). The van der Waals surface area contributed by atoms with Crippen LogP contribution in [0.15, 0.2) is 85.1 Å². The molecule has 0 saturated carbocycles. The molecule has 54 heavy (non-hydrogen) atoms. The number of likely N-dealkylation sites (tertiary alicyclic amines) is 1. The fraction of sp³-hybridized carbons (Fsp3) is 0.375. The van der Waals surface area contributed by atoms with Gasteiger partial charge in [-0.05, 0) is 48.4 Å². The van der Waals surface area contributed by atoms with E-state index in [0.717, 1.165) is 22.0 Å². The summed E-state index contributed by atoms with van der Waals surface area (Å²) in [4.78, 5) is 69.5. The number of piperidine rings is 1. The zero-order valence-electron chi connectivity index (χ0n) is 30.4. The number of carbonyl (C=O) groups excluding carboxylic acids is 5. The van der Waals surface area contributed by atoms with Crippen LogP contribution in [0.5, 0.6) is 11.5 Å². The van der Waals surface area contributed by atoms with Gasteiger partial charge in [-0.15, -0.1) is 0 Å². The van der Waals surface area contributed by atoms with Crippen molar-refractivity contribution in [1.82, 2.24) is 30.7 Å². The zero-order valence-corrected chi connectivity index (χ0v) is 30.4. The van der Waals surface area contributed by atoms with Crippen molar-refractivity contribution < 1.29 is 38.6 Å². The predicted molar refractivity (Wildman–Crippen MR) is 199 cm³/mol. The molecule has 0 radical (unpaired) electrons. The summed E-state index contributed by atoms with van der Waals surface area (Å²) in [5, 5.41) is 21.8. The minimum Gasteiger partial charge on any atom is -0.492 e. The smallest absolute Gasteiger partial charge is 0.265 e. The van der Waals surface area contributed by atoms with Crippen molar-refractivity contribution in [2.45, 2.75) is 56.3 Å². The second-order valence-corrected chi connectivity index (χ2v) is 13.7. The molecular weight excluding hydrogens is 692 g/mol. The Bertz CT molecular complexity index is 1970. The molecule has 1 fully saturated rings. The number of ether oxygens (including phenoxy) is 2. The molecule has 3 aromatic carbocycles. The topological polar surface area (TPSA) is 180 Å². The number of hydrogen-bond acceptors (Lipinski definition) is 8. The Morgan fingerprint density at radius 1 is 0.833 bits per heavy atom. The lowest BCUT2D eigenvalue weighted by Crippen LogP contribution is -2.63. The number of benzene rings is 3. The predicted octanol–water partition coefficient (Wildman–Crippen LogP) is 1.38. The second kappa shape index (κ2) is 16.8. The summed E-state index contributed by atoms with van der Waals surface area (Å²) >= 11 is 0. The molecule has 4 aromatic rings. The van der Waals surface area contributed by atoms with E-state index in [1.54, 1.807) is 41.3 Å². The van der Waals surface area contributed by atoms with Crippen LogP contribution in [0, 0.1) is 0 Å². The number of nitrogens with zero attached hydrogens (tertiary/aromatic N) is 2. The minimum atomic E-state index is -1.47. The molecule has 0 aliphatic carbocycles. The normalized spacial score (nSPS) is 21.3. The van der Waals surface area contributed by atoms with Crippen molar-refractivity contribution in [2.24, 2.45) is 7.05 Å². The van der Waals surface area contributed by atoms with E-state index in [9.17, 15) is 29.1 Å². The molecule has 1 saturated heterocycles. The van der Waals surface area contributed by atoms with Crippen molar-refractivity contribution in [3.8, 4) is 11.5 Å². The molecule has 1 spiro atoms. The zero-order chi connectivity index (χ0) is 38.2. The second-order valence-electron chi connectivity index (χ2n) is 13.7. The molecule has 14 heteroatoms. The summed E-state index contributed by atoms with van der Waals surface area (Å²) < 4.78 is 14.3. The minimum absolute atomic E-state index is 0.0642. The summed E-state index contributed by atoms with van der Waals surface area (Å²) in [6.07, 6.45) is 2.50. The average molecular weight is 739 g/mol. The van der Waals surface area contributed by atoms with Crippen LogP contribution in [0.3, 0.4) is 0 Å². The summed E-state index contributed by atoms with van der Waals surface area (Å²) in [7, 11) is 1.95. The van der Waals surface area contributed by atoms with Gasteiger partial charge in [0.05, 0.1) is 19.6 Å². The Kier molecular flexibility index (Phi) is 11.8. The van der Waals surface area contributed by atoms with Crippen LogP contribution in [0.25, 0.3) is 10.9 Å². The van der Waals surface area contributed by atoms with Crippen molar-refractivity contribution in [3.63, 3.8) is 0 Å². The molecule has 5 N–H and O–H groups in total. The number of rotatable bonds is 5. The number of aryl methyl sites for hydroxylation is 1. The number of nitrogens with one attached hydrogen (secondary N) is 4. The van der Waals surface area contributed by atoms with Crippen molar-refractivity contribution in [2.75, 3.05) is 32.8 Å². The van der Waals surface area contributed by atoms with Gasteiger partial charge in [0, 0.05) is 56.5 Å². The van der Waals surface area contributed by atoms with Gasteiger partial charge in [0.2, 0.25) is 23.6 Å². The van der Waals surface area contributed by atoms with Crippen molar-refractivity contribution in [1.29, 1.82) is 0 Å². The van der Waals surface area contributed by atoms with Crippen LogP contribution in [-0.2, 0) is 43.9 Å². The van der Waals surface area contributed by atoms with Crippen LogP contribution >= 0.6 is 0 Å². The number of hydrogen-bond donors (Lipinski definition) is 5. The molecule has 5 amide bonds. The Morgan fingerprint density at radius 2 is 1.50 bits per heavy atom. The number of carbonyl (C=O) groups is 5. The lowest BCUT2D eigenvalue weighted by molar-refractivity contribution is -0.148. The number of fused-ring (bicyclic) bond motifs is 16. The highest BCUT2D eigenvalue weighted by molar-refractivity contribution is 5.96. The quantitative estimate of drug-likeness (QED) is 0.191. The lowest BCUT2D eigenvalue weighted by Gasteiger charge is -2.41. The molecule has 3 aliphatic rings. The van der Waals surface area contributed by atoms with Crippen molar-refractivity contribution in [3.05, 3.63) is 96.2 Å². The van der Waals surface area contributed by atoms with Crippen LogP contribution in [0.2, 0.25) is 0 Å². The summed E-state index contributed by atoms with van der Waals surface area (Å²) in [6.45, 7) is 1.47. The third kappa shape index (κ3) is 8.83. The van der Waals surface area contributed by atoms with Crippen LogP contribution < -0.4 is 30.7 Å². The molecule has 3 atom stereocenters. The maximum absolute atomic E-state index is 14.5. The highest BCUT2D eigenvalue weighted by atomic mass is 16.5. The Hall–Kier alpha value is -5.89. The maximum atomic E-state index is 14.5. The van der Waals surface area contributed by atoms with E-state index in [-0.39, 0.29) is 57.8 Å². The first-order valence-electron chi connectivity index (χ1n) is 18.1. The molecule has 1 aromatic heterocycles. The number of aliphatic hydroxyl groups is 1. The van der Waals surface area contributed by atoms with Gasteiger partial charge in [0.25, 0.3) is 5.91 Å². The van der Waals surface area contributed by atoms with E-state index in [0.29, 0.717) is 11.5 Å². The molecule has 284 valence electrons. The van der Waals surface area contributed by atoms with Gasteiger partial charge < -0.3 is 45.3 Å². The largest absolute Gasteiger partial charge is 0.492 e. The molecule has 4 heterocycles. The molecule has 3 aliphatic heterocycles. The summed E-state index contributed by atoms with van der Waals surface area (Å²) in [5.41, 5.74) is 1.21. The number of aromatic nitrogens is 1. The summed E-state index contributed by atoms with van der Waals surface area (Å²) in [5.74, 6) is -1.72. The van der Waals surface area contributed by atoms with E-state index in [1.165, 1.54) is 6.92 Å². The standard InChI is InChI=1S/C40H46N6O8/c1-26-36(49)41-18-21-53-29-12-14-30(15-13-29)54-40(16-19-46(20-17-40)35(48)23-28-24-45(2)34-11-7-6-10-31(28)34)39(52)44-32(22-27-8-4-3-5-9-27)37(50)43-33(25-47)38(51)42-26/h3-15,24,26,32-33,47H,16-23,25H2,1-2H3,(H,41,49)(H,42,51)(H,43,50)(H,44,52)/t26-,32+,33-/m0/s1. The molecule has 2 bridgehead atoms. The fourth-order valence-corrected chi connectivity index (χ4v) is 6.85. The lowest BCUT2D eigenvalue weighted by atomic mass is 9.88. The van der Waals surface area contributed by atoms with E-state index < -0.39 is 54.0 Å². The monoisotopic (exact) mass is 738 g/mol. The van der Waals surface area contributed by atoms with E-state index in [4.69, 9.17) is 9.47 Å². The number of amides is 5. The van der Waals surface area contributed by atoms with E-state index >= 15 is 0 Å². The van der Waals surface area contributed by atoms with Crippen LogP contribution in [0.1, 0.15) is 30.9 Å². The van der Waals surface area contributed by atoms with Gasteiger partial charge in [-0.1, -0.05) is 48.5 Å². The van der Waals surface area contributed by atoms with Gasteiger partial charge in [-0.2, -0.15) is 0 Å². The molecule has 14 nitrogen and oxygen atoms in total. The average Bonchev–Trinajstić information content (AvgIpc) is 3.50. The first-order valence-corrected chi connectivity index (χ1v) is 18.1. The maximum Gasteiger partial charge on any atom is 0.265 e. The van der Waals surface area contributed by atoms with Crippen LogP contribution in [-0.4, -0.2) is 101 Å². The van der Waals surface area contributed by atoms with Gasteiger partial charge >= 0.3 is 0 Å². The Labute approximate surface area is 313 Å². The van der Waals surface area contributed by atoms with Gasteiger partial charge in [0.1, 0.15) is 36.2 Å². The SMILES string of the molecule is C[C@@H]1NC(=O)[C@H](CO)NC(=O)[C@@H](Cc2ccccc2)NC(=O)C2(CCN(C(=O)Cc3cn(C)c4ccccc34)CC2)Oc2ccc(cc2)OCCNC1=O. The molecule has 0 unspecified atom stereocenters. The molecular formula is C40H46N6O8.